The van der Waals surface area contributed by atoms with Crippen molar-refractivity contribution >= 4 is 0 Å². The van der Waals surface area contributed by atoms with E-state index in [1.807, 2.05) is 37.3 Å². The molecule has 0 spiro atoms. The first-order valence-corrected chi connectivity index (χ1v) is 6.59. The van der Waals surface area contributed by atoms with E-state index in [0.717, 1.165) is 29.0 Å². The fraction of sp³-hybridized carbons (Fsp3) is 0.400. The number of rotatable bonds is 6. The van der Waals surface area contributed by atoms with E-state index < -0.39 is 0 Å². The molecule has 2 aromatic rings. The number of aryl methyl sites for hydroxylation is 2. The summed E-state index contributed by atoms with van der Waals surface area (Å²) in [6.07, 6.45) is 0.851. The number of aliphatic hydroxyl groups excluding tert-OH is 1. The number of nitrogens with zero attached hydrogens (tertiary/aromatic N) is 1. The van der Waals surface area contributed by atoms with Crippen LogP contribution in [0.5, 0.6) is 0 Å². The zero-order valence-corrected chi connectivity index (χ0v) is 11.4. The van der Waals surface area contributed by atoms with E-state index in [1.165, 1.54) is 0 Å². The van der Waals surface area contributed by atoms with E-state index >= 15 is 0 Å². The van der Waals surface area contributed by atoms with Gasteiger partial charge in [0.1, 0.15) is 5.76 Å². The van der Waals surface area contributed by atoms with Gasteiger partial charge >= 0.3 is 0 Å². The minimum absolute atomic E-state index is 0.0653. The molecule has 1 heterocycles. The van der Waals surface area contributed by atoms with Gasteiger partial charge in [0.05, 0.1) is 18.3 Å². The van der Waals surface area contributed by atoms with Crippen LogP contribution in [0.3, 0.4) is 0 Å². The third-order valence-electron chi connectivity index (χ3n) is 3.31. The van der Waals surface area contributed by atoms with Gasteiger partial charge in [0.25, 0.3) is 0 Å². The molecule has 4 heteroatoms. The molecule has 0 aliphatic heterocycles. The highest BCUT2D eigenvalue weighted by molar-refractivity contribution is 5.23. The summed E-state index contributed by atoms with van der Waals surface area (Å²) in [7, 11) is 0. The van der Waals surface area contributed by atoms with Gasteiger partial charge in [0, 0.05) is 12.1 Å². The van der Waals surface area contributed by atoms with Crippen molar-refractivity contribution < 1.29 is 9.63 Å². The molecule has 1 aromatic heterocycles. The third-order valence-corrected chi connectivity index (χ3v) is 3.31. The van der Waals surface area contributed by atoms with Crippen molar-refractivity contribution in [2.24, 2.45) is 0 Å². The Morgan fingerprint density at radius 2 is 2.05 bits per heavy atom. The van der Waals surface area contributed by atoms with Gasteiger partial charge in [-0.15, -0.1) is 0 Å². The predicted molar refractivity (Wildman–Crippen MR) is 73.7 cm³/mol. The van der Waals surface area contributed by atoms with Crippen LogP contribution in [0.2, 0.25) is 0 Å². The lowest BCUT2D eigenvalue weighted by molar-refractivity contribution is 0.243. The summed E-state index contributed by atoms with van der Waals surface area (Å²) in [6, 6.07) is 9.87. The van der Waals surface area contributed by atoms with Crippen molar-refractivity contribution in [3.8, 4) is 0 Å². The van der Waals surface area contributed by atoms with Gasteiger partial charge in [-0.25, -0.2) is 0 Å². The van der Waals surface area contributed by atoms with Crippen LogP contribution in [0.15, 0.2) is 34.9 Å². The van der Waals surface area contributed by atoms with E-state index in [2.05, 4.69) is 17.4 Å². The van der Waals surface area contributed by atoms with E-state index in [4.69, 9.17) is 4.52 Å². The number of benzene rings is 1. The fourth-order valence-corrected chi connectivity index (χ4v) is 2.14. The van der Waals surface area contributed by atoms with Crippen molar-refractivity contribution in [2.45, 2.75) is 32.9 Å². The number of aromatic nitrogens is 1. The summed E-state index contributed by atoms with van der Waals surface area (Å²) in [4.78, 5) is 0. The van der Waals surface area contributed by atoms with Crippen LogP contribution in [0, 0.1) is 6.92 Å². The number of hydrogen-bond acceptors (Lipinski definition) is 4. The Bertz CT molecular complexity index is 508. The lowest BCUT2D eigenvalue weighted by atomic mass is 10.1. The maximum Gasteiger partial charge on any atom is 0.138 e. The second kappa shape index (κ2) is 6.50. The standard InChI is InChI=1S/C15H20N2O2/c1-3-14-13(11(2)19-17-14)9-16-15(10-18)12-7-5-4-6-8-12/h4-8,15-16,18H,3,9-10H2,1-2H3/t15-/m0/s1. The van der Waals surface area contributed by atoms with Crippen LogP contribution < -0.4 is 5.32 Å². The van der Waals surface area contributed by atoms with E-state index in [-0.39, 0.29) is 12.6 Å². The normalized spacial score (nSPS) is 12.6. The highest BCUT2D eigenvalue weighted by atomic mass is 16.5. The van der Waals surface area contributed by atoms with Crippen LogP contribution in [0.25, 0.3) is 0 Å². The molecule has 1 aromatic carbocycles. The van der Waals surface area contributed by atoms with E-state index in [1.54, 1.807) is 0 Å². The summed E-state index contributed by atoms with van der Waals surface area (Å²) < 4.78 is 5.21. The molecule has 0 saturated heterocycles. The molecule has 1 atom stereocenters. The Kier molecular flexibility index (Phi) is 4.71. The number of nitrogens with one attached hydrogen (secondary N) is 1. The summed E-state index contributed by atoms with van der Waals surface area (Å²) >= 11 is 0. The molecule has 102 valence electrons. The van der Waals surface area contributed by atoms with Crippen LogP contribution in [0.4, 0.5) is 0 Å². The molecule has 0 saturated carbocycles. The van der Waals surface area contributed by atoms with Crippen LogP contribution in [-0.2, 0) is 13.0 Å². The van der Waals surface area contributed by atoms with Crippen molar-refractivity contribution in [1.82, 2.24) is 10.5 Å². The van der Waals surface area contributed by atoms with Gasteiger partial charge in [-0.2, -0.15) is 0 Å². The molecule has 0 unspecified atom stereocenters. The zero-order chi connectivity index (χ0) is 13.7. The quantitative estimate of drug-likeness (QED) is 0.837. The largest absolute Gasteiger partial charge is 0.394 e. The molecular weight excluding hydrogens is 240 g/mol. The van der Waals surface area contributed by atoms with Crippen molar-refractivity contribution in [2.75, 3.05) is 6.61 Å². The number of aliphatic hydroxyl groups is 1. The van der Waals surface area contributed by atoms with E-state index in [0.29, 0.717) is 6.54 Å². The predicted octanol–water partition coefficient (Wildman–Crippen LogP) is 2.37. The smallest absolute Gasteiger partial charge is 0.138 e. The Hall–Kier alpha value is -1.65. The highest BCUT2D eigenvalue weighted by Crippen LogP contribution is 2.17. The molecule has 0 amide bonds. The van der Waals surface area contributed by atoms with Crippen LogP contribution in [0.1, 0.15) is 35.5 Å². The molecular formula is C15H20N2O2. The van der Waals surface area contributed by atoms with Gasteiger partial charge in [-0.3, -0.25) is 0 Å². The van der Waals surface area contributed by atoms with Crippen molar-refractivity contribution in [1.29, 1.82) is 0 Å². The van der Waals surface area contributed by atoms with Gasteiger partial charge in [0.15, 0.2) is 0 Å². The van der Waals surface area contributed by atoms with Crippen molar-refractivity contribution in [3.05, 3.63) is 52.9 Å². The minimum atomic E-state index is -0.0693. The Morgan fingerprint density at radius 3 is 2.68 bits per heavy atom. The lowest BCUT2D eigenvalue weighted by Gasteiger charge is -2.16. The fourth-order valence-electron chi connectivity index (χ4n) is 2.14. The highest BCUT2D eigenvalue weighted by Gasteiger charge is 2.14. The first kappa shape index (κ1) is 13.8. The van der Waals surface area contributed by atoms with Gasteiger partial charge in [0.2, 0.25) is 0 Å². The maximum atomic E-state index is 9.50. The molecule has 0 aliphatic rings. The molecule has 0 bridgehead atoms. The molecule has 0 fully saturated rings. The molecule has 2 N–H and O–H groups in total. The SMILES string of the molecule is CCc1noc(C)c1CN[C@@H](CO)c1ccccc1. The summed E-state index contributed by atoms with van der Waals surface area (Å²) in [5, 5.41) is 16.9. The molecule has 0 aliphatic carbocycles. The van der Waals surface area contributed by atoms with Gasteiger partial charge in [-0.05, 0) is 18.9 Å². The third kappa shape index (κ3) is 3.22. The Morgan fingerprint density at radius 1 is 1.32 bits per heavy atom. The summed E-state index contributed by atoms with van der Waals surface area (Å²) in [6.45, 7) is 4.69. The van der Waals surface area contributed by atoms with Crippen molar-refractivity contribution in [3.63, 3.8) is 0 Å². The second-order valence-corrected chi connectivity index (χ2v) is 4.54. The van der Waals surface area contributed by atoms with Gasteiger partial charge < -0.3 is 14.9 Å². The second-order valence-electron chi connectivity index (χ2n) is 4.54. The van der Waals surface area contributed by atoms with E-state index in [9.17, 15) is 5.11 Å². The zero-order valence-electron chi connectivity index (χ0n) is 11.4. The van der Waals surface area contributed by atoms with Crippen LogP contribution >= 0.6 is 0 Å². The minimum Gasteiger partial charge on any atom is -0.394 e. The summed E-state index contributed by atoms with van der Waals surface area (Å²) in [5.74, 6) is 0.842. The average Bonchev–Trinajstić information content (AvgIpc) is 2.81. The molecule has 2 rings (SSSR count). The molecule has 4 nitrogen and oxygen atoms in total. The average molecular weight is 260 g/mol. The summed E-state index contributed by atoms with van der Waals surface area (Å²) in [5.41, 5.74) is 3.16. The Labute approximate surface area is 113 Å². The molecule has 0 radical (unpaired) electrons. The number of hydrogen-bond donors (Lipinski definition) is 2. The topological polar surface area (TPSA) is 58.3 Å². The van der Waals surface area contributed by atoms with Crippen LogP contribution in [-0.4, -0.2) is 16.9 Å². The van der Waals surface area contributed by atoms with Gasteiger partial charge in [-0.1, -0.05) is 42.4 Å². The first-order valence-electron chi connectivity index (χ1n) is 6.59. The maximum absolute atomic E-state index is 9.50. The lowest BCUT2D eigenvalue weighted by Crippen LogP contribution is -2.24. The monoisotopic (exact) mass is 260 g/mol. The molecule has 19 heavy (non-hydrogen) atoms. The Balaban J connectivity index is 2.06. The first-order chi connectivity index (χ1) is 9.26.